The maximum absolute atomic E-state index is 12.1. The van der Waals surface area contributed by atoms with E-state index >= 15 is 0 Å². The molecule has 118 valence electrons. The highest BCUT2D eigenvalue weighted by molar-refractivity contribution is 5.96. The Balaban J connectivity index is 1.77. The van der Waals surface area contributed by atoms with Crippen molar-refractivity contribution in [1.82, 2.24) is 15.2 Å². The molecule has 2 heterocycles. The van der Waals surface area contributed by atoms with Crippen LogP contribution in [0.3, 0.4) is 0 Å². The number of rotatable bonds is 4. The van der Waals surface area contributed by atoms with Crippen LogP contribution in [0.25, 0.3) is 0 Å². The van der Waals surface area contributed by atoms with Gasteiger partial charge in [-0.2, -0.15) is 0 Å². The van der Waals surface area contributed by atoms with Gasteiger partial charge in [0.25, 0.3) is 0 Å². The number of carbonyl (C=O) groups is 2. The summed E-state index contributed by atoms with van der Waals surface area (Å²) in [5, 5.41) is 2.74. The number of amides is 2. The molecule has 1 N–H and O–H groups in total. The van der Waals surface area contributed by atoms with Crippen molar-refractivity contribution in [3.63, 3.8) is 0 Å². The highest BCUT2D eigenvalue weighted by Crippen LogP contribution is 2.10. The maximum atomic E-state index is 12.1. The number of hydrogen-bond donors (Lipinski definition) is 1. The topological polar surface area (TPSA) is 62.3 Å². The van der Waals surface area contributed by atoms with Crippen LogP contribution in [0.5, 0.6) is 0 Å². The van der Waals surface area contributed by atoms with Crippen LogP contribution in [0.2, 0.25) is 0 Å². The number of hydrogen-bond acceptors (Lipinski definition) is 3. The summed E-state index contributed by atoms with van der Waals surface area (Å²) in [5.74, 6) is -0.331. The molecule has 1 aliphatic heterocycles. The molecule has 0 radical (unpaired) electrons. The Bertz CT molecular complexity index is 506. The van der Waals surface area contributed by atoms with Gasteiger partial charge in [0.2, 0.25) is 11.8 Å². The summed E-state index contributed by atoms with van der Waals surface area (Å²) in [4.78, 5) is 29.7. The first-order valence-electron chi connectivity index (χ1n) is 7.89. The van der Waals surface area contributed by atoms with E-state index in [1.807, 2.05) is 17.0 Å². The van der Waals surface area contributed by atoms with Crippen LogP contribution >= 0.6 is 0 Å². The molecular formula is C17H23N3O2. The molecule has 1 aliphatic rings. The third kappa shape index (κ3) is 5.68. The summed E-state index contributed by atoms with van der Waals surface area (Å²) < 4.78 is 0. The van der Waals surface area contributed by atoms with E-state index < -0.39 is 0 Å². The molecule has 22 heavy (non-hydrogen) atoms. The fraction of sp³-hybridized carbons (Fsp3) is 0.471. The first kappa shape index (κ1) is 16.2. The summed E-state index contributed by atoms with van der Waals surface area (Å²) in [6.07, 6.45) is 11.8. The Morgan fingerprint density at radius 2 is 1.86 bits per heavy atom. The third-order valence-corrected chi connectivity index (χ3v) is 3.73. The van der Waals surface area contributed by atoms with Gasteiger partial charge in [-0.3, -0.25) is 14.6 Å². The van der Waals surface area contributed by atoms with Crippen LogP contribution in [-0.2, 0) is 16.1 Å². The van der Waals surface area contributed by atoms with Gasteiger partial charge in [0, 0.05) is 44.2 Å². The lowest BCUT2D eigenvalue weighted by Gasteiger charge is -2.23. The number of nitrogens with zero attached hydrogens (tertiary/aromatic N) is 2. The molecule has 0 saturated carbocycles. The van der Waals surface area contributed by atoms with E-state index in [0.717, 1.165) is 31.5 Å². The van der Waals surface area contributed by atoms with Crippen molar-refractivity contribution in [3.05, 3.63) is 42.2 Å². The molecular weight excluding hydrogens is 278 g/mol. The van der Waals surface area contributed by atoms with Crippen molar-refractivity contribution < 1.29 is 9.59 Å². The lowest BCUT2D eigenvalue weighted by atomic mass is 10.1. The van der Waals surface area contributed by atoms with Crippen molar-refractivity contribution in [3.8, 4) is 0 Å². The number of carbonyl (C=O) groups excluding carboxylic acids is 2. The van der Waals surface area contributed by atoms with Gasteiger partial charge in [0.15, 0.2) is 0 Å². The smallest absolute Gasteiger partial charge is 0.246 e. The predicted octanol–water partition coefficient (Wildman–Crippen LogP) is 2.05. The SMILES string of the molecule is O=C(/C=C\C(=O)N1CCCCCCC1)NCc1cccnc1. The summed E-state index contributed by atoms with van der Waals surface area (Å²) >= 11 is 0. The van der Waals surface area contributed by atoms with Crippen molar-refractivity contribution in [2.45, 2.75) is 38.6 Å². The lowest BCUT2D eigenvalue weighted by Crippen LogP contribution is -2.32. The molecule has 1 saturated heterocycles. The molecule has 2 rings (SSSR count). The fourth-order valence-electron chi connectivity index (χ4n) is 2.47. The summed E-state index contributed by atoms with van der Waals surface area (Å²) in [6, 6.07) is 3.71. The van der Waals surface area contributed by atoms with Gasteiger partial charge < -0.3 is 10.2 Å². The number of aromatic nitrogens is 1. The highest BCUT2D eigenvalue weighted by atomic mass is 16.2. The Morgan fingerprint density at radius 1 is 1.14 bits per heavy atom. The van der Waals surface area contributed by atoms with Crippen LogP contribution in [-0.4, -0.2) is 34.8 Å². The molecule has 0 aromatic carbocycles. The van der Waals surface area contributed by atoms with Gasteiger partial charge in [0.1, 0.15) is 0 Å². The average molecular weight is 301 g/mol. The fourth-order valence-corrected chi connectivity index (χ4v) is 2.47. The molecule has 5 heteroatoms. The number of nitrogens with one attached hydrogen (secondary N) is 1. The van der Waals surface area contributed by atoms with E-state index in [-0.39, 0.29) is 11.8 Å². The summed E-state index contributed by atoms with van der Waals surface area (Å²) in [7, 11) is 0. The van der Waals surface area contributed by atoms with Crippen molar-refractivity contribution >= 4 is 11.8 Å². The third-order valence-electron chi connectivity index (χ3n) is 3.73. The van der Waals surface area contributed by atoms with Crippen LogP contribution in [0.15, 0.2) is 36.7 Å². The minimum Gasteiger partial charge on any atom is -0.348 e. The number of likely N-dealkylation sites (tertiary alicyclic amines) is 1. The lowest BCUT2D eigenvalue weighted by molar-refractivity contribution is -0.126. The van der Waals surface area contributed by atoms with Crippen molar-refractivity contribution in [2.75, 3.05) is 13.1 Å². The first-order valence-corrected chi connectivity index (χ1v) is 7.89. The molecule has 0 unspecified atom stereocenters. The van der Waals surface area contributed by atoms with Gasteiger partial charge in [-0.25, -0.2) is 0 Å². The summed E-state index contributed by atoms with van der Waals surface area (Å²) in [5.41, 5.74) is 0.930. The van der Waals surface area contributed by atoms with E-state index in [2.05, 4.69) is 10.3 Å². The van der Waals surface area contributed by atoms with Crippen molar-refractivity contribution in [1.29, 1.82) is 0 Å². The second kappa shape index (κ2) is 8.97. The molecule has 5 nitrogen and oxygen atoms in total. The molecule has 1 aromatic heterocycles. The zero-order chi connectivity index (χ0) is 15.6. The minimum absolute atomic E-state index is 0.0709. The monoisotopic (exact) mass is 301 g/mol. The normalized spacial score (nSPS) is 16.1. The molecule has 2 amide bonds. The zero-order valence-electron chi connectivity index (χ0n) is 12.8. The van der Waals surface area contributed by atoms with E-state index in [1.54, 1.807) is 12.4 Å². The zero-order valence-corrected chi connectivity index (χ0v) is 12.8. The Hall–Kier alpha value is -2.17. The van der Waals surface area contributed by atoms with Crippen LogP contribution in [0, 0.1) is 0 Å². The Kier molecular flexibility index (Phi) is 6.61. The predicted molar refractivity (Wildman–Crippen MR) is 84.9 cm³/mol. The quantitative estimate of drug-likeness (QED) is 0.866. The van der Waals surface area contributed by atoms with E-state index in [9.17, 15) is 9.59 Å². The van der Waals surface area contributed by atoms with Crippen LogP contribution < -0.4 is 5.32 Å². The Labute approximate surface area is 131 Å². The van der Waals surface area contributed by atoms with Gasteiger partial charge in [0.05, 0.1) is 0 Å². The average Bonchev–Trinajstić information content (AvgIpc) is 2.51. The van der Waals surface area contributed by atoms with E-state index in [1.165, 1.54) is 31.4 Å². The van der Waals surface area contributed by atoms with Gasteiger partial charge in [-0.15, -0.1) is 0 Å². The van der Waals surface area contributed by atoms with Crippen LogP contribution in [0.1, 0.15) is 37.7 Å². The molecule has 0 spiro atoms. The largest absolute Gasteiger partial charge is 0.348 e. The van der Waals surface area contributed by atoms with E-state index in [0.29, 0.717) is 6.54 Å². The molecule has 0 bridgehead atoms. The molecule has 1 fully saturated rings. The van der Waals surface area contributed by atoms with E-state index in [4.69, 9.17) is 0 Å². The highest BCUT2D eigenvalue weighted by Gasteiger charge is 2.12. The Morgan fingerprint density at radius 3 is 2.55 bits per heavy atom. The summed E-state index contributed by atoms with van der Waals surface area (Å²) in [6.45, 7) is 2.00. The first-order chi connectivity index (χ1) is 10.8. The standard InChI is InChI=1S/C17H23N3O2/c21-16(19-14-15-7-6-10-18-13-15)8-9-17(22)20-11-4-2-1-3-5-12-20/h6-10,13H,1-5,11-12,14H2,(H,19,21)/b9-8-. The number of pyridine rings is 1. The second-order valence-corrected chi connectivity index (χ2v) is 5.51. The molecule has 0 aliphatic carbocycles. The minimum atomic E-state index is -0.260. The van der Waals surface area contributed by atoms with Gasteiger partial charge in [-0.05, 0) is 24.5 Å². The van der Waals surface area contributed by atoms with Gasteiger partial charge in [-0.1, -0.05) is 25.3 Å². The maximum Gasteiger partial charge on any atom is 0.246 e. The molecule has 0 atom stereocenters. The van der Waals surface area contributed by atoms with Crippen molar-refractivity contribution in [2.24, 2.45) is 0 Å². The second-order valence-electron chi connectivity index (χ2n) is 5.51. The van der Waals surface area contributed by atoms with Gasteiger partial charge >= 0.3 is 0 Å². The molecule has 1 aromatic rings. The van der Waals surface area contributed by atoms with Crippen LogP contribution in [0.4, 0.5) is 0 Å².